The Morgan fingerprint density at radius 1 is 0.407 bits per heavy atom. The second-order valence-electron chi connectivity index (χ2n) is 15.6. The van der Waals surface area contributed by atoms with Crippen molar-refractivity contribution < 1.29 is 4.42 Å². The summed E-state index contributed by atoms with van der Waals surface area (Å²) < 4.78 is 6.64. The Balaban J connectivity index is 1.13. The molecule has 0 bridgehead atoms. The maximum absolute atomic E-state index is 6.64. The molecule has 0 atom stereocenters. The highest BCUT2D eigenvalue weighted by Gasteiger charge is 2.32. The monoisotopic (exact) mass is 686 g/mol. The highest BCUT2D eigenvalue weighted by Crippen LogP contribution is 2.49. The van der Waals surface area contributed by atoms with Crippen LogP contribution in [0.2, 0.25) is 0 Å². The van der Waals surface area contributed by atoms with Crippen LogP contribution in [-0.4, -0.2) is 0 Å². The predicted molar refractivity (Wildman–Crippen MR) is 230 cm³/mol. The summed E-state index contributed by atoms with van der Waals surface area (Å²) in [5.74, 6) is 0. The molecule has 54 heavy (non-hydrogen) atoms. The van der Waals surface area contributed by atoms with Gasteiger partial charge in [-0.1, -0.05) is 153 Å². The Morgan fingerprint density at radius 3 is 1.54 bits per heavy atom. The third-order valence-corrected chi connectivity index (χ3v) is 12.1. The van der Waals surface area contributed by atoms with E-state index in [9.17, 15) is 0 Å². The van der Waals surface area contributed by atoms with E-state index in [1.807, 2.05) is 6.07 Å². The fraction of sp³-hybridized carbons (Fsp3) is 0.0566. The number of hydrogen-bond donors (Lipinski definition) is 0. The van der Waals surface area contributed by atoms with E-state index in [1.54, 1.807) is 0 Å². The van der Waals surface area contributed by atoms with Gasteiger partial charge in [0.2, 0.25) is 0 Å². The lowest BCUT2D eigenvalue weighted by Crippen LogP contribution is -2.28. The Labute approximate surface area is 312 Å². The van der Waals surface area contributed by atoms with Gasteiger partial charge in [0.05, 0.1) is 0 Å². The third-order valence-electron chi connectivity index (χ3n) is 12.1. The number of benzene rings is 9. The molecule has 252 valence electrons. The van der Waals surface area contributed by atoms with Crippen molar-refractivity contribution >= 4 is 93.0 Å². The fourth-order valence-electron chi connectivity index (χ4n) is 10.0. The molecule has 0 unspecified atom stereocenters. The van der Waals surface area contributed by atoms with Gasteiger partial charge >= 0.3 is 0 Å². The molecule has 0 spiro atoms. The molecule has 0 amide bonds. The smallest absolute Gasteiger partial charge is 0.143 e. The quantitative estimate of drug-likeness (QED) is 0.130. The Morgan fingerprint density at radius 2 is 0.907 bits per heavy atom. The maximum atomic E-state index is 6.64. The molecular weight excluding hydrogens is 653 g/mol. The molecule has 0 radical (unpaired) electrons. The van der Waals surface area contributed by atoms with E-state index in [2.05, 4.69) is 178 Å². The van der Waals surface area contributed by atoms with Gasteiger partial charge in [-0.05, 0) is 117 Å². The summed E-state index contributed by atoms with van der Waals surface area (Å²) in [5.41, 5.74) is 9.26. The summed E-state index contributed by atoms with van der Waals surface area (Å²) in [6, 6.07) is 55.5. The topological polar surface area (TPSA) is 13.1 Å². The molecular formula is C53H34O. The molecule has 1 nitrogen and oxygen atoms in total. The Hall–Kier alpha value is -6.70. The van der Waals surface area contributed by atoms with Crippen molar-refractivity contribution in [3.05, 3.63) is 185 Å². The molecule has 1 heteroatoms. The standard InChI is InChI=1S/C53H34O/c1-53(2)30-33(27-32-26-31-28-46-36-16-5-3-14-34(36)35-15-4-6-17-37(35)47(46)29-45(31)51(32)53)49-39-19-7-9-21-41(39)50(42-22-10-8-20-40(42)49)44-24-13-23-43-38-18-11-12-25-48(38)54-52(43)44/h3-30H,1-2H3. The van der Waals surface area contributed by atoms with E-state index < -0.39 is 0 Å². The van der Waals surface area contributed by atoms with Crippen LogP contribution in [0.3, 0.4) is 0 Å². The largest absolute Gasteiger partial charge is 0.455 e. The number of para-hydroxylation sites is 2. The number of rotatable bonds is 2. The summed E-state index contributed by atoms with van der Waals surface area (Å²) in [7, 11) is 0. The zero-order chi connectivity index (χ0) is 35.7. The van der Waals surface area contributed by atoms with E-state index in [-0.39, 0.29) is 5.41 Å². The molecule has 1 aromatic heterocycles. The number of allylic oxidation sites excluding steroid dienone is 4. The first kappa shape index (κ1) is 29.8. The number of fused-ring (bicyclic) bond motifs is 13. The molecule has 0 saturated carbocycles. The van der Waals surface area contributed by atoms with Gasteiger partial charge in [-0.15, -0.1) is 0 Å². The van der Waals surface area contributed by atoms with Crippen LogP contribution in [0.15, 0.2) is 174 Å². The van der Waals surface area contributed by atoms with E-state index in [1.165, 1.54) is 92.1 Å². The van der Waals surface area contributed by atoms with Crippen LogP contribution in [0.1, 0.15) is 19.4 Å². The highest BCUT2D eigenvalue weighted by atomic mass is 16.3. The van der Waals surface area contributed by atoms with Crippen LogP contribution in [0.4, 0.5) is 0 Å². The van der Waals surface area contributed by atoms with Gasteiger partial charge in [-0.3, -0.25) is 0 Å². The summed E-state index contributed by atoms with van der Waals surface area (Å²) in [6.07, 6.45) is 7.41. The first-order valence-corrected chi connectivity index (χ1v) is 18.9. The Bertz CT molecular complexity index is 3460. The van der Waals surface area contributed by atoms with E-state index >= 15 is 0 Å². The summed E-state index contributed by atoms with van der Waals surface area (Å²) in [6.45, 7) is 4.78. The molecule has 9 aromatic carbocycles. The minimum absolute atomic E-state index is 0.206. The van der Waals surface area contributed by atoms with Crippen molar-refractivity contribution in [3.63, 3.8) is 0 Å². The van der Waals surface area contributed by atoms with E-state index in [0.29, 0.717) is 0 Å². The minimum Gasteiger partial charge on any atom is -0.455 e. The SMILES string of the molecule is CC1(C)C=C(c2c3ccccc3c(-c3cccc4c3oc3ccccc34)c3ccccc23)C=C2C=c3cc4c5ccccc5c5ccccc5c4cc3=C21. The zero-order valence-electron chi connectivity index (χ0n) is 30.1. The van der Waals surface area contributed by atoms with Crippen LogP contribution >= 0.6 is 0 Å². The Kier molecular flexibility index (Phi) is 5.90. The number of furan rings is 1. The van der Waals surface area contributed by atoms with Crippen LogP contribution in [0.25, 0.3) is 104 Å². The highest BCUT2D eigenvalue weighted by molar-refractivity contribution is 6.26. The molecule has 0 saturated heterocycles. The van der Waals surface area contributed by atoms with Crippen molar-refractivity contribution in [1.29, 1.82) is 0 Å². The van der Waals surface area contributed by atoms with E-state index in [4.69, 9.17) is 4.42 Å². The normalized spacial score (nSPS) is 15.0. The van der Waals surface area contributed by atoms with Crippen LogP contribution in [-0.2, 0) is 0 Å². The minimum atomic E-state index is -0.206. The van der Waals surface area contributed by atoms with Crippen LogP contribution in [0, 0.1) is 5.41 Å². The fourth-order valence-corrected chi connectivity index (χ4v) is 10.0. The van der Waals surface area contributed by atoms with Crippen molar-refractivity contribution in [2.75, 3.05) is 0 Å². The first-order chi connectivity index (χ1) is 26.5. The average molecular weight is 687 g/mol. The molecule has 10 aromatic rings. The molecule has 0 N–H and O–H groups in total. The second kappa shape index (κ2) is 10.7. The lowest BCUT2D eigenvalue weighted by Gasteiger charge is -2.30. The third kappa shape index (κ3) is 3.99. The lowest BCUT2D eigenvalue weighted by molar-refractivity contribution is 0.647. The molecule has 0 aliphatic heterocycles. The summed E-state index contributed by atoms with van der Waals surface area (Å²) in [4.78, 5) is 0. The van der Waals surface area contributed by atoms with Gasteiger partial charge in [0, 0.05) is 27.3 Å². The molecule has 2 aliphatic carbocycles. The first-order valence-electron chi connectivity index (χ1n) is 18.9. The van der Waals surface area contributed by atoms with Crippen LogP contribution < -0.4 is 10.4 Å². The lowest BCUT2D eigenvalue weighted by atomic mass is 9.73. The molecule has 12 rings (SSSR count). The molecule has 1 heterocycles. The molecule has 0 fully saturated rings. The average Bonchev–Trinajstić information content (AvgIpc) is 3.78. The van der Waals surface area contributed by atoms with Crippen molar-refractivity contribution in [3.8, 4) is 11.1 Å². The van der Waals surface area contributed by atoms with Gasteiger partial charge in [0.1, 0.15) is 11.2 Å². The second-order valence-corrected chi connectivity index (χ2v) is 15.6. The maximum Gasteiger partial charge on any atom is 0.143 e. The van der Waals surface area contributed by atoms with Gasteiger partial charge in [0.25, 0.3) is 0 Å². The van der Waals surface area contributed by atoms with Gasteiger partial charge < -0.3 is 4.42 Å². The van der Waals surface area contributed by atoms with Crippen molar-refractivity contribution in [1.82, 2.24) is 0 Å². The van der Waals surface area contributed by atoms with Crippen LogP contribution in [0.5, 0.6) is 0 Å². The zero-order valence-corrected chi connectivity index (χ0v) is 30.1. The van der Waals surface area contributed by atoms with Gasteiger partial charge in [-0.2, -0.15) is 0 Å². The number of hydrogen-bond acceptors (Lipinski definition) is 1. The van der Waals surface area contributed by atoms with Crippen molar-refractivity contribution in [2.45, 2.75) is 13.8 Å². The van der Waals surface area contributed by atoms with Gasteiger partial charge in [-0.25, -0.2) is 0 Å². The van der Waals surface area contributed by atoms with E-state index in [0.717, 1.165) is 27.5 Å². The predicted octanol–water partition coefficient (Wildman–Crippen LogP) is 13.0. The van der Waals surface area contributed by atoms with Gasteiger partial charge in [0.15, 0.2) is 0 Å². The van der Waals surface area contributed by atoms with Crippen molar-refractivity contribution in [2.24, 2.45) is 5.41 Å². The summed E-state index contributed by atoms with van der Waals surface area (Å²) >= 11 is 0. The summed E-state index contributed by atoms with van der Waals surface area (Å²) in [5, 5.41) is 17.8. The molecule has 2 aliphatic rings.